The van der Waals surface area contributed by atoms with Gasteiger partial charge in [0.1, 0.15) is 11.9 Å². The number of ether oxygens (including phenoxy) is 4. The van der Waals surface area contributed by atoms with E-state index in [1.54, 1.807) is 0 Å². The molecule has 46 heavy (non-hydrogen) atoms. The van der Waals surface area contributed by atoms with Gasteiger partial charge < -0.3 is 24.1 Å². The fourth-order valence-electron chi connectivity index (χ4n) is 9.74. The van der Waals surface area contributed by atoms with Crippen molar-refractivity contribution in [2.45, 2.75) is 153 Å². The highest BCUT2D eigenvalue weighted by Crippen LogP contribution is 2.70. The molecule has 2 saturated heterocycles. The minimum Gasteiger partial charge on any atom is -0.485 e. The molecule has 5 fully saturated rings. The van der Waals surface area contributed by atoms with E-state index in [4.69, 9.17) is 18.9 Å². The summed E-state index contributed by atoms with van der Waals surface area (Å²) in [7, 11) is 0. The van der Waals surface area contributed by atoms with Gasteiger partial charge in [-0.2, -0.15) is 0 Å². The number of carbonyl (C=O) groups excluding carboxylic acids is 1. The van der Waals surface area contributed by atoms with Crippen LogP contribution >= 0.6 is 0 Å². The lowest BCUT2D eigenvalue weighted by atomic mass is 9.44. The molecule has 2 aliphatic heterocycles. The molecule has 4 aliphatic carbocycles. The SMILES string of the molecule is C=C1CC[C@@]2(O)C3CC4C=CC(OCOC(=O)OCCCCCCCCCCCCCCCC)=C5O[C@@H]1[C@]2(CCN3CC1CC1)C54. The molecule has 7 heteroatoms. The van der Waals surface area contributed by atoms with Crippen LogP contribution in [0.25, 0.3) is 0 Å². The molecule has 6 atom stereocenters. The molecule has 258 valence electrons. The third-order valence-electron chi connectivity index (χ3n) is 12.3. The summed E-state index contributed by atoms with van der Waals surface area (Å²) in [5, 5.41) is 12.5. The summed E-state index contributed by atoms with van der Waals surface area (Å²) in [6.45, 7) is 8.96. The second-order valence-electron chi connectivity index (χ2n) is 15.4. The molecule has 0 aromatic carbocycles. The van der Waals surface area contributed by atoms with Crippen LogP contribution in [0.5, 0.6) is 0 Å². The van der Waals surface area contributed by atoms with Gasteiger partial charge in [0.05, 0.1) is 17.6 Å². The van der Waals surface area contributed by atoms with Crippen molar-refractivity contribution in [2.24, 2.45) is 23.2 Å². The predicted molar refractivity (Wildman–Crippen MR) is 180 cm³/mol. The van der Waals surface area contributed by atoms with Crippen LogP contribution in [-0.2, 0) is 18.9 Å². The van der Waals surface area contributed by atoms with Gasteiger partial charge in [0.15, 0.2) is 5.76 Å². The van der Waals surface area contributed by atoms with Crippen LogP contribution in [0.15, 0.2) is 35.8 Å². The number of nitrogens with zero attached hydrogens (tertiary/aromatic N) is 1. The van der Waals surface area contributed by atoms with E-state index in [0.717, 1.165) is 68.9 Å². The van der Waals surface area contributed by atoms with E-state index in [1.165, 1.54) is 89.9 Å². The van der Waals surface area contributed by atoms with Crippen LogP contribution in [-0.4, -0.2) is 60.4 Å². The average molecular weight is 640 g/mol. The molecule has 0 amide bonds. The lowest BCUT2D eigenvalue weighted by Crippen LogP contribution is -2.75. The van der Waals surface area contributed by atoms with Crippen molar-refractivity contribution in [3.05, 3.63) is 35.8 Å². The Morgan fingerprint density at radius 2 is 1.65 bits per heavy atom. The van der Waals surface area contributed by atoms with Crippen molar-refractivity contribution in [3.8, 4) is 0 Å². The minimum absolute atomic E-state index is 0.0612. The first-order valence-electron chi connectivity index (χ1n) is 19.1. The Kier molecular flexibility index (Phi) is 11.4. The number of piperidine rings is 1. The Balaban J connectivity index is 0.895. The third-order valence-corrected chi connectivity index (χ3v) is 12.3. The van der Waals surface area contributed by atoms with Gasteiger partial charge in [0.2, 0.25) is 6.79 Å². The van der Waals surface area contributed by atoms with Crippen molar-refractivity contribution in [1.29, 1.82) is 0 Å². The zero-order chi connectivity index (χ0) is 32.0. The van der Waals surface area contributed by atoms with E-state index in [0.29, 0.717) is 18.3 Å². The zero-order valence-electron chi connectivity index (χ0n) is 28.7. The maximum absolute atomic E-state index is 12.5. The molecule has 0 aromatic rings. The second-order valence-corrected chi connectivity index (χ2v) is 15.4. The monoisotopic (exact) mass is 639 g/mol. The normalized spacial score (nSPS) is 32.7. The van der Waals surface area contributed by atoms with E-state index in [2.05, 4.69) is 24.5 Å². The Morgan fingerprint density at radius 1 is 0.978 bits per heavy atom. The predicted octanol–water partition coefficient (Wildman–Crippen LogP) is 8.96. The molecule has 7 nitrogen and oxygen atoms in total. The van der Waals surface area contributed by atoms with E-state index in [1.807, 2.05) is 6.08 Å². The first-order valence-corrected chi connectivity index (χ1v) is 19.1. The molecule has 1 N–H and O–H groups in total. The molecule has 1 spiro atoms. The fraction of sp³-hybridized carbons (Fsp3) is 0.821. The number of aliphatic hydroxyl groups is 1. The smallest absolute Gasteiger partial charge is 0.485 e. The van der Waals surface area contributed by atoms with Crippen LogP contribution in [0.4, 0.5) is 4.79 Å². The van der Waals surface area contributed by atoms with E-state index in [-0.39, 0.29) is 30.3 Å². The summed E-state index contributed by atoms with van der Waals surface area (Å²) >= 11 is 0. The first kappa shape index (κ1) is 33.9. The van der Waals surface area contributed by atoms with Crippen molar-refractivity contribution in [1.82, 2.24) is 4.90 Å². The lowest BCUT2D eigenvalue weighted by Gasteiger charge is -2.66. The molecule has 3 saturated carbocycles. The van der Waals surface area contributed by atoms with Gasteiger partial charge in [-0.3, -0.25) is 4.90 Å². The molecule has 0 radical (unpaired) electrons. The molecule has 3 unspecified atom stereocenters. The average Bonchev–Trinajstić information content (AvgIpc) is 3.79. The number of hydrogen-bond acceptors (Lipinski definition) is 7. The Labute approximate surface area is 278 Å². The highest BCUT2D eigenvalue weighted by atomic mass is 16.8. The summed E-state index contributed by atoms with van der Waals surface area (Å²) in [6.07, 6.45) is 27.5. The molecule has 2 bridgehead atoms. The van der Waals surface area contributed by atoms with Crippen molar-refractivity contribution >= 4 is 6.16 Å². The van der Waals surface area contributed by atoms with Gasteiger partial charge >= 0.3 is 6.16 Å². The van der Waals surface area contributed by atoms with Crippen LogP contribution < -0.4 is 0 Å². The van der Waals surface area contributed by atoms with Crippen molar-refractivity contribution in [2.75, 3.05) is 26.5 Å². The number of rotatable bonds is 20. The van der Waals surface area contributed by atoms with Gasteiger partial charge in [-0.25, -0.2) is 4.79 Å². The van der Waals surface area contributed by atoms with Crippen LogP contribution in [0, 0.1) is 23.2 Å². The summed E-state index contributed by atoms with van der Waals surface area (Å²) in [6, 6.07) is 0.159. The van der Waals surface area contributed by atoms with Gasteiger partial charge in [-0.15, -0.1) is 0 Å². The second kappa shape index (κ2) is 15.5. The molecule has 0 aromatic heterocycles. The number of likely N-dealkylation sites (tertiary alicyclic amines) is 1. The van der Waals surface area contributed by atoms with Crippen LogP contribution in [0.2, 0.25) is 0 Å². The summed E-state index contributed by atoms with van der Waals surface area (Å²) in [4.78, 5) is 14.9. The maximum Gasteiger partial charge on any atom is 0.511 e. The van der Waals surface area contributed by atoms with Crippen LogP contribution in [0.3, 0.4) is 0 Å². The lowest BCUT2D eigenvalue weighted by molar-refractivity contribution is -0.240. The van der Waals surface area contributed by atoms with E-state index in [9.17, 15) is 9.90 Å². The van der Waals surface area contributed by atoms with Gasteiger partial charge in [0.25, 0.3) is 0 Å². The Bertz CT molecular complexity index is 1110. The number of unbranched alkanes of at least 4 members (excludes halogenated alkanes) is 13. The number of allylic oxidation sites excluding steroid dienone is 3. The van der Waals surface area contributed by atoms with Gasteiger partial charge in [0, 0.05) is 18.5 Å². The minimum atomic E-state index is -0.793. The van der Waals surface area contributed by atoms with Crippen molar-refractivity contribution in [3.63, 3.8) is 0 Å². The van der Waals surface area contributed by atoms with E-state index < -0.39 is 11.8 Å². The zero-order valence-corrected chi connectivity index (χ0v) is 28.7. The van der Waals surface area contributed by atoms with Gasteiger partial charge in [-0.05, 0) is 75.0 Å². The Morgan fingerprint density at radius 3 is 2.33 bits per heavy atom. The standard InChI is InChI=1S/C39H61NO6/c1-3-4-5-6-7-8-9-10-11-12-13-14-15-16-25-43-37(41)45-28-44-32-20-19-31-26-33-39(42)22-21-29(2)36-38(39,34(31)35(32)46-36)23-24-40(33)27-30-17-18-30/h19-20,30-31,33-34,36,42H,2-18,21-28H2,1H3/t31?,33?,34?,36-,38-,39+/m0/s1. The molecular weight excluding hydrogens is 578 g/mol. The summed E-state index contributed by atoms with van der Waals surface area (Å²) < 4.78 is 23.3. The highest BCUT2D eigenvalue weighted by Gasteiger charge is 2.76. The molecular formula is C39H61NO6. The summed E-state index contributed by atoms with van der Waals surface area (Å²) in [5.74, 6) is 2.58. The van der Waals surface area contributed by atoms with Gasteiger partial charge in [-0.1, -0.05) is 103 Å². The highest BCUT2D eigenvalue weighted by molar-refractivity contribution is 5.59. The maximum atomic E-state index is 12.5. The van der Waals surface area contributed by atoms with Crippen molar-refractivity contribution < 1.29 is 28.8 Å². The van der Waals surface area contributed by atoms with Crippen LogP contribution in [0.1, 0.15) is 135 Å². The molecule has 6 aliphatic rings. The topological polar surface area (TPSA) is 77.5 Å². The number of hydrogen-bond donors (Lipinski definition) is 1. The largest absolute Gasteiger partial charge is 0.511 e. The number of carbonyl (C=O) groups is 1. The quantitative estimate of drug-likeness (QED) is 0.0617. The molecule has 6 rings (SSSR count). The molecule has 2 heterocycles. The Hall–Kier alpha value is -1.99. The summed E-state index contributed by atoms with van der Waals surface area (Å²) in [5.41, 5.74) is -0.0826. The third kappa shape index (κ3) is 7.06. The first-order chi connectivity index (χ1) is 22.5. The fourth-order valence-corrected chi connectivity index (χ4v) is 9.74. The van der Waals surface area contributed by atoms with E-state index >= 15 is 0 Å².